The fourth-order valence-corrected chi connectivity index (χ4v) is 4.38. The van der Waals surface area contributed by atoms with Gasteiger partial charge in [0.1, 0.15) is 11.6 Å². The first-order valence-electron chi connectivity index (χ1n) is 10.8. The first-order valence-corrected chi connectivity index (χ1v) is 11.6. The van der Waals surface area contributed by atoms with Gasteiger partial charge in [0.25, 0.3) is 5.91 Å². The van der Waals surface area contributed by atoms with Crippen LogP contribution >= 0.6 is 15.9 Å². The lowest BCUT2D eigenvalue weighted by Gasteiger charge is -2.36. The van der Waals surface area contributed by atoms with Gasteiger partial charge in [0.05, 0.1) is 5.56 Å². The minimum atomic E-state index is -0.643. The summed E-state index contributed by atoms with van der Waals surface area (Å²) in [6.07, 6.45) is 4.52. The number of urea groups is 1. The topological polar surface area (TPSA) is 65.5 Å². The number of nitrogens with zero attached hydrogens (tertiary/aromatic N) is 3. The number of amides is 3. The molecule has 176 valence electrons. The average Bonchev–Trinajstić information content (AvgIpc) is 2.83. The van der Waals surface area contributed by atoms with Gasteiger partial charge in [-0.2, -0.15) is 0 Å². The second-order valence-corrected chi connectivity index (χ2v) is 9.11. The summed E-state index contributed by atoms with van der Waals surface area (Å²) in [5, 5.41) is 2.85. The number of nitrogens with one attached hydrogen (secondary N) is 1. The molecule has 0 unspecified atom stereocenters. The number of aromatic nitrogens is 1. The zero-order chi connectivity index (χ0) is 24.2. The lowest BCUT2D eigenvalue weighted by molar-refractivity contribution is 0.0670. The number of likely N-dealkylation sites (tertiary alicyclic amines) is 1. The molecule has 0 bridgehead atoms. The molecule has 2 heterocycles. The quantitative estimate of drug-likeness (QED) is 0.482. The molecule has 1 N–H and O–H groups in total. The van der Waals surface area contributed by atoms with Gasteiger partial charge in [0, 0.05) is 54.8 Å². The monoisotopic (exact) mass is 528 g/mol. The Labute approximate surface area is 204 Å². The summed E-state index contributed by atoms with van der Waals surface area (Å²) in [5.74, 6) is -1.36. The Kier molecular flexibility index (Phi) is 7.21. The standard InChI is InChI=1S/C25H23BrF2N4O2/c1-31(23-6-8-32(9-7-23)24(33)18-10-19(26)15-29-14-18)25(34)30-22-4-2-16(3-5-22)17-11-20(27)13-21(28)12-17/h2-5,10-15,23H,6-9H2,1H3,(H,30,34). The van der Waals surface area contributed by atoms with Crippen molar-refractivity contribution in [1.82, 2.24) is 14.8 Å². The Balaban J connectivity index is 1.32. The first kappa shape index (κ1) is 23.8. The van der Waals surface area contributed by atoms with E-state index in [1.54, 1.807) is 59.6 Å². The maximum Gasteiger partial charge on any atom is 0.321 e. The van der Waals surface area contributed by atoms with Gasteiger partial charge in [-0.25, -0.2) is 13.6 Å². The van der Waals surface area contributed by atoms with Gasteiger partial charge in [-0.15, -0.1) is 0 Å². The predicted molar refractivity (Wildman–Crippen MR) is 129 cm³/mol. The van der Waals surface area contributed by atoms with E-state index in [1.165, 1.54) is 12.1 Å². The Hall–Kier alpha value is -3.33. The van der Waals surface area contributed by atoms with Crippen LogP contribution < -0.4 is 5.32 Å². The number of rotatable bonds is 4. The van der Waals surface area contributed by atoms with E-state index < -0.39 is 11.6 Å². The molecule has 1 aliphatic heterocycles. The van der Waals surface area contributed by atoms with Gasteiger partial charge < -0.3 is 15.1 Å². The van der Waals surface area contributed by atoms with Crippen LogP contribution in [0.3, 0.4) is 0 Å². The van der Waals surface area contributed by atoms with E-state index in [2.05, 4.69) is 26.2 Å². The normalized spacial score (nSPS) is 14.1. The van der Waals surface area contributed by atoms with E-state index in [0.717, 1.165) is 10.5 Å². The lowest BCUT2D eigenvalue weighted by Crippen LogP contribution is -2.48. The summed E-state index contributed by atoms with van der Waals surface area (Å²) in [4.78, 5) is 32.9. The Morgan fingerprint density at radius 2 is 1.65 bits per heavy atom. The highest BCUT2D eigenvalue weighted by atomic mass is 79.9. The number of carbonyl (C=O) groups is 2. The molecule has 6 nitrogen and oxygen atoms in total. The van der Waals surface area contributed by atoms with Crippen LogP contribution in [-0.2, 0) is 0 Å². The number of benzene rings is 2. The maximum atomic E-state index is 13.5. The van der Waals surface area contributed by atoms with Crippen molar-refractivity contribution in [2.75, 3.05) is 25.5 Å². The molecule has 9 heteroatoms. The van der Waals surface area contributed by atoms with Gasteiger partial charge >= 0.3 is 6.03 Å². The van der Waals surface area contributed by atoms with Gasteiger partial charge in [0.2, 0.25) is 0 Å². The molecule has 2 aromatic carbocycles. The fourth-order valence-electron chi connectivity index (χ4n) is 4.01. The molecule has 0 atom stereocenters. The molecule has 1 saturated heterocycles. The molecular formula is C25H23BrF2N4O2. The van der Waals surface area contributed by atoms with Crippen LogP contribution in [-0.4, -0.2) is 52.9 Å². The van der Waals surface area contributed by atoms with E-state index in [-0.39, 0.29) is 18.0 Å². The molecule has 1 fully saturated rings. The van der Waals surface area contributed by atoms with Crippen LogP contribution in [0.25, 0.3) is 11.1 Å². The second-order valence-electron chi connectivity index (χ2n) is 8.19. The summed E-state index contributed by atoms with van der Waals surface area (Å²) in [6, 6.07) is 11.6. The molecular weight excluding hydrogens is 506 g/mol. The summed E-state index contributed by atoms with van der Waals surface area (Å²) >= 11 is 3.33. The molecule has 1 aliphatic rings. The van der Waals surface area contributed by atoms with Crippen LogP contribution in [0.4, 0.5) is 19.3 Å². The van der Waals surface area contributed by atoms with Crippen molar-refractivity contribution < 1.29 is 18.4 Å². The molecule has 0 spiro atoms. The van der Waals surface area contributed by atoms with Crippen LogP contribution in [0, 0.1) is 11.6 Å². The third kappa shape index (κ3) is 5.59. The number of piperidine rings is 1. The highest BCUT2D eigenvalue weighted by Gasteiger charge is 2.28. The number of carbonyl (C=O) groups excluding carboxylic acids is 2. The van der Waals surface area contributed by atoms with E-state index in [4.69, 9.17) is 0 Å². The van der Waals surface area contributed by atoms with Gasteiger partial charge in [-0.3, -0.25) is 9.78 Å². The number of halogens is 3. The summed E-state index contributed by atoms with van der Waals surface area (Å²) < 4.78 is 27.7. The number of hydrogen-bond donors (Lipinski definition) is 1. The van der Waals surface area contributed by atoms with Crippen molar-refractivity contribution in [2.24, 2.45) is 0 Å². The van der Waals surface area contributed by atoms with Crippen molar-refractivity contribution in [1.29, 1.82) is 0 Å². The summed E-state index contributed by atoms with van der Waals surface area (Å²) in [6.45, 7) is 1.10. The largest absolute Gasteiger partial charge is 0.338 e. The molecule has 0 aliphatic carbocycles. The Bertz CT molecular complexity index is 1180. The molecule has 34 heavy (non-hydrogen) atoms. The first-order chi connectivity index (χ1) is 16.3. The predicted octanol–water partition coefficient (Wildman–Crippen LogP) is 5.56. The van der Waals surface area contributed by atoms with Crippen LogP contribution in [0.1, 0.15) is 23.2 Å². The van der Waals surface area contributed by atoms with Crippen molar-refractivity contribution in [3.05, 3.63) is 82.6 Å². The number of anilines is 1. The van der Waals surface area contributed by atoms with Gasteiger partial charge in [0.15, 0.2) is 0 Å². The smallest absolute Gasteiger partial charge is 0.321 e. The zero-order valence-corrected chi connectivity index (χ0v) is 20.1. The Morgan fingerprint density at radius 3 is 2.26 bits per heavy atom. The fraction of sp³-hybridized carbons (Fsp3) is 0.240. The molecule has 4 rings (SSSR count). The van der Waals surface area contributed by atoms with Gasteiger partial charge in [-0.05, 0) is 70.2 Å². The van der Waals surface area contributed by atoms with E-state index in [1.807, 2.05) is 0 Å². The summed E-state index contributed by atoms with van der Waals surface area (Å²) in [7, 11) is 1.74. The number of hydrogen-bond acceptors (Lipinski definition) is 3. The van der Waals surface area contributed by atoms with Crippen LogP contribution in [0.15, 0.2) is 65.4 Å². The van der Waals surface area contributed by atoms with Crippen molar-refractivity contribution >= 4 is 33.6 Å². The average molecular weight is 529 g/mol. The third-order valence-electron chi connectivity index (χ3n) is 5.90. The second kappa shape index (κ2) is 10.3. The lowest BCUT2D eigenvalue weighted by atomic mass is 10.0. The van der Waals surface area contributed by atoms with Gasteiger partial charge in [-0.1, -0.05) is 12.1 Å². The maximum absolute atomic E-state index is 13.5. The number of pyridine rings is 1. The van der Waals surface area contributed by atoms with E-state index in [0.29, 0.717) is 48.3 Å². The molecule has 3 aromatic rings. The third-order valence-corrected chi connectivity index (χ3v) is 6.34. The van der Waals surface area contributed by atoms with Crippen LogP contribution in [0.2, 0.25) is 0 Å². The molecule has 0 saturated carbocycles. The Morgan fingerprint density at radius 1 is 1.00 bits per heavy atom. The van der Waals surface area contributed by atoms with Crippen molar-refractivity contribution in [2.45, 2.75) is 18.9 Å². The SMILES string of the molecule is CN(C(=O)Nc1ccc(-c2cc(F)cc(F)c2)cc1)C1CCN(C(=O)c2cncc(Br)c2)CC1. The molecule has 0 radical (unpaired) electrons. The minimum Gasteiger partial charge on any atom is -0.338 e. The van der Waals surface area contributed by atoms with E-state index >= 15 is 0 Å². The highest BCUT2D eigenvalue weighted by Crippen LogP contribution is 2.24. The van der Waals surface area contributed by atoms with Crippen molar-refractivity contribution in [3.8, 4) is 11.1 Å². The molecule has 1 aromatic heterocycles. The molecule has 3 amide bonds. The summed E-state index contributed by atoms with van der Waals surface area (Å²) in [5.41, 5.74) is 2.17. The van der Waals surface area contributed by atoms with E-state index in [9.17, 15) is 18.4 Å². The van der Waals surface area contributed by atoms with Crippen molar-refractivity contribution in [3.63, 3.8) is 0 Å². The minimum absolute atomic E-state index is 0.000716. The zero-order valence-electron chi connectivity index (χ0n) is 18.5. The van der Waals surface area contributed by atoms with Crippen LogP contribution in [0.5, 0.6) is 0 Å². The highest BCUT2D eigenvalue weighted by molar-refractivity contribution is 9.10.